The monoisotopic (exact) mass is 480 g/mol. The predicted octanol–water partition coefficient (Wildman–Crippen LogP) is 5.11. The van der Waals surface area contributed by atoms with Crippen molar-refractivity contribution in [3.63, 3.8) is 0 Å². The molecule has 1 heterocycles. The average Bonchev–Trinajstić information content (AvgIpc) is 3.18. The van der Waals surface area contributed by atoms with E-state index < -0.39 is 30.1 Å². The Bertz CT molecular complexity index is 1100. The second-order valence-corrected chi connectivity index (χ2v) is 7.84. The molecule has 0 fully saturated rings. The standard InChI is InChI=1S/C22H19F3N2O5S/c1-13(20(28)27-16-5-9-19(10-6-16)32-22(23,24)25)31-21(29)15-3-7-18(8-4-15)30-11-17-12-33-14(2)26-17/h3-10,12-13H,11H2,1-2H3,(H,27,28). The summed E-state index contributed by atoms with van der Waals surface area (Å²) in [5.41, 5.74) is 1.25. The average molecular weight is 480 g/mol. The number of nitrogens with zero attached hydrogens (tertiary/aromatic N) is 1. The van der Waals surface area contributed by atoms with Gasteiger partial charge in [-0.15, -0.1) is 24.5 Å². The number of anilines is 1. The second kappa shape index (κ2) is 10.3. The first-order valence-corrected chi connectivity index (χ1v) is 10.5. The topological polar surface area (TPSA) is 86.8 Å². The highest BCUT2D eigenvalue weighted by Crippen LogP contribution is 2.24. The van der Waals surface area contributed by atoms with Crippen molar-refractivity contribution in [2.24, 2.45) is 0 Å². The van der Waals surface area contributed by atoms with E-state index in [1.54, 1.807) is 12.1 Å². The van der Waals surface area contributed by atoms with Gasteiger partial charge in [0.05, 0.1) is 16.3 Å². The molecule has 1 amide bonds. The van der Waals surface area contributed by atoms with Crippen molar-refractivity contribution in [1.29, 1.82) is 0 Å². The van der Waals surface area contributed by atoms with Crippen molar-refractivity contribution in [1.82, 2.24) is 4.98 Å². The summed E-state index contributed by atoms with van der Waals surface area (Å²) in [6.07, 6.45) is -5.95. The summed E-state index contributed by atoms with van der Waals surface area (Å²) in [4.78, 5) is 28.9. The minimum absolute atomic E-state index is 0.217. The molecule has 0 saturated carbocycles. The molecule has 0 aliphatic rings. The van der Waals surface area contributed by atoms with E-state index in [4.69, 9.17) is 9.47 Å². The van der Waals surface area contributed by atoms with Crippen molar-refractivity contribution in [3.05, 3.63) is 70.2 Å². The maximum Gasteiger partial charge on any atom is 0.573 e. The van der Waals surface area contributed by atoms with Crippen LogP contribution in [0.3, 0.4) is 0 Å². The second-order valence-electron chi connectivity index (χ2n) is 6.78. The Balaban J connectivity index is 1.49. The molecule has 3 aromatic rings. The van der Waals surface area contributed by atoms with Crippen LogP contribution >= 0.6 is 11.3 Å². The Morgan fingerprint density at radius 1 is 1.06 bits per heavy atom. The normalized spacial score (nSPS) is 12.0. The lowest BCUT2D eigenvalue weighted by Gasteiger charge is -2.14. The molecule has 7 nitrogen and oxygen atoms in total. The maximum absolute atomic E-state index is 12.3. The summed E-state index contributed by atoms with van der Waals surface area (Å²) < 4.78 is 51.1. The number of esters is 1. The number of carbonyl (C=O) groups excluding carboxylic acids is 2. The van der Waals surface area contributed by atoms with E-state index in [1.807, 2.05) is 12.3 Å². The van der Waals surface area contributed by atoms with Gasteiger partial charge in [0, 0.05) is 11.1 Å². The number of hydrogen-bond donors (Lipinski definition) is 1. The van der Waals surface area contributed by atoms with E-state index >= 15 is 0 Å². The van der Waals surface area contributed by atoms with Crippen molar-refractivity contribution < 1.29 is 37.0 Å². The van der Waals surface area contributed by atoms with Crippen molar-refractivity contribution in [2.45, 2.75) is 32.9 Å². The van der Waals surface area contributed by atoms with Gasteiger partial charge in [-0.2, -0.15) is 0 Å². The molecule has 2 aromatic carbocycles. The molecule has 33 heavy (non-hydrogen) atoms. The van der Waals surface area contributed by atoms with Crippen LogP contribution in [0.15, 0.2) is 53.9 Å². The van der Waals surface area contributed by atoms with Crippen LogP contribution in [0.4, 0.5) is 18.9 Å². The number of thiazole rings is 1. The van der Waals surface area contributed by atoms with E-state index in [1.165, 1.54) is 42.5 Å². The van der Waals surface area contributed by atoms with Crippen molar-refractivity contribution in [3.8, 4) is 11.5 Å². The van der Waals surface area contributed by atoms with Gasteiger partial charge >= 0.3 is 12.3 Å². The molecule has 0 radical (unpaired) electrons. The summed E-state index contributed by atoms with van der Waals surface area (Å²) in [7, 11) is 0. The molecular formula is C22H19F3N2O5S. The van der Waals surface area contributed by atoms with Crippen LogP contribution < -0.4 is 14.8 Å². The third-order valence-corrected chi connectivity index (χ3v) is 4.97. The Hall–Kier alpha value is -3.60. The smallest absolute Gasteiger partial charge is 0.487 e. The van der Waals surface area contributed by atoms with Crippen molar-refractivity contribution >= 4 is 28.9 Å². The Morgan fingerprint density at radius 2 is 1.70 bits per heavy atom. The lowest BCUT2D eigenvalue weighted by molar-refractivity contribution is -0.274. The lowest BCUT2D eigenvalue weighted by atomic mass is 10.2. The highest BCUT2D eigenvalue weighted by atomic mass is 32.1. The molecule has 0 spiro atoms. The number of aryl methyl sites for hydroxylation is 1. The van der Waals surface area contributed by atoms with Crippen LogP contribution in [0.2, 0.25) is 0 Å². The van der Waals surface area contributed by atoms with Crippen LogP contribution in [-0.2, 0) is 16.1 Å². The van der Waals surface area contributed by atoms with Gasteiger partial charge in [-0.25, -0.2) is 9.78 Å². The van der Waals surface area contributed by atoms with Gasteiger partial charge in [-0.05, 0) is 62.4 Å². The number of amides is 1. The number of ether oxygens (including phenoxy) is 3. The van der Waals surface area contributed by atoms with E-state index in [0.29, 0.717) is 12.4 Å². The fraction of sp³-hybridized carbons (Fsp3) is 0.227. The number of benzene rings is 2. The Morgan fingerprint density at radius 3 is 2.27 bits per heavy atom. The summed E-state index contributed by atoms with van der Waals surface area (Å²) in [6, 6.07) is 10.8. The third kappa shape index (κ3) is 7.49. The van der Waals surface area contributed by atoms with Crippen LogP contribution in [0.5, 0.6) is 11.5 Å². The molecule has 0 aliphatic carbocycles. The summed E-state index contributed by atoms with van der Waals surface area (Å²) in [5.74, 6) is -1.24. The lowest BCUT2D eigenvalue weighted by Crippen LogP contribution is -2.30. The van der Waals surface area contributed by atoms with E-state index in [0.717, 1.165) is 22.8 Å². The SMILES string of the molecule is Cc1nc(COc2ccc(C(=O)OC(C)C(=O)Nc3ccc(OC(F)(F)F)cc3)cc2)cs1. The number of halogens is 3. The molecule has 174 valence electrons. The highest BCUT2D eigenvalue weighted by molar-refractivity contribution is 7.09. The number of hydrogen-bond acceptors (Lipinski definition) is 7. The van der Waals surface area contributed by atoms with Crippen LogP contribution in [0.25, 0.3) is 0 Å². The minimum atomic E-state index is -4.81. The van der Waals surface area contributed by atoms with Gasteiger partial charge in [-0.1, -0.05) is 0 Å². The molecule has 1 aromatic heterocycles. The largest absolute Gasteiger partial charge is 0.573 e. The fourth-order valence-electron chi connectivity index (χ4n) is 2.58. The Labute approximate surface area is 191 Å². The molecule has 11 heteroatoms. The van der Waals surface area contributed by atoms with Crippen LogP contribution in [-0.4, -0.2) is 29.3 Å². The van der Waals surface area contributed by atoms with Crippen molar-refractivity contribution in [2.75, 3.05) is 5.32 Å². The zero-order valence-corrected chi connectivity index (χ0v) is 18.3. The van der Waals surface area contributed by atoms with E-state index in [-0.39, 0.29) is 11.3 Å². The number of nitrogens with one attached hydrogen (secondary N) is 1. The first-order valence-electron chi connectivity index (χ1n) is 9.60. The van der Waals surface area contributed by atoms with E-state index in [9.17, 15) is 22.8 Å². The molecule has 0 saturated heterocycles. The zero-order valence-electron chi connectivity index (χ0n) is 17.5. The van der Waals surface area contributed by atoms with Gasteiger partial charge in [0.15, 0.2) is 6.10 Å². The van der Waals surface area contributed by atoms with Crippen LogP contribution in [0, 0.1) is 6.92 Å². The maximum atomic E-state index is 12.3. The fourth-order valence-corrected chi connectivity index (χ4v) is 3.18. The predicted molar refractivity (Wildman–Crippen MR) is 114 cm³/mol. The van der Waals surface area contributed by atoms with Crippen LogP contribution in [0.1, 0.15) is 28.0 Å². The molecule has 1 atom stereocenters. The minimum Gasteiger partial charge on any atom is -0.487 e. The number of carbonyl (C=O) groups is 2. The third-order valence-electron chi connectivity index (χ3n) is 4.15. The van der Waals surface area contributed by atoms with Gasteiger partial charge in [0.25, 0.3) is 5.91 Å². The summed E-state index contributed by atoms with van der Waals surface area (Å²) in [6.45, 7) is 3.58. The molecule has 3 rings (SSSR count). The van der Waals surface area contributed by atoms with E-state index in [2.05, 4.69) is 15.0 Å². The molecule has 1 unspecified atom stereocenters. The highest BCUT2D eigenvalue weighted by Gasteiger charge is 2.31. The summed E-state index contributed by atoms with van der Waals surface area (Å²) >= 11 is 1.53. The number of alkyl halides is 3. The number of rotatable bonds is 8. The van der Waals surface area contributed by atoms with Gasteiger partial charge in [0.2, 0.25) is 0 Å². The quantitative estimate of drug-likeness (QED) is 0.451. The molecular weight excluding hydrogens is 461 g/mol. The van der Waals surface area contributed by atoms with Gasteiger partial charge in [-0.3, -0.25) is 4.79 Å². The number of aromatic nitrogens is 1. The van der Waals surface area contributed by atoms with Gasteiger partial charge < -0.3 is 19.5 Å². The molecule has 0 bridgehead atoms. The zero-order chi connectivity index (χ0) is 24.0. The Kier molecular flexibility index (Phi) is 7.54. The first kappa shape index (κ1) is 24.1. The van der Waals surface area contributed by atoms with Gasteiger partial charge in [0.1, 0.15) is 18.1 Å². The molecule has 0 aliphatic heterocycles. The first-order chi connectivity index (χ1) is 15.6. The summed E-state index contributed by atoms with van der Waals surface area (Å²) in [5, 5.41) is 5.30. The molecule has 1 N–H and O–H groups in total.